The van der Waals surface area contributed by atoms with Gasteiger partial charge in [-0.2, -0.15) is 0 Å². The minimum atomic E-state index is 0.426. The van der Waals surface area contributed by atoms with Crippen LogP contribution in [0.15, 0.2) is 59.5 Å². The van der Waals surface area contributed by atoms with Crippen LogP contribution in [0.3, 0.4) is 0 Å². The molecule has 2 rings (SSSR count). The van der Waals surface area contributed by atoms with Crippen molar-refractivity contribution in [3.63, 3.8) is 0 Å². The highest BCUT2D eigenvalue weighted by molar-refractivity contribution is 7.40. The van der Waals surface area contributed by atoms with E-state index >= 15 is 0 Å². The molecule has 1 heterocycles. The van der Waals surface area contributed by atoms with Crippen molar-refractivity contribution in [1.82, 2.24) is 5.32 Å². The van der Waals surface area contributed by atoms with Gasteiger partial charge in [-0.3, -0.25) is 0 Å². The summed E-state index contributed by atoms with van der Waals surface area (Å²) in [6, 6.07) is 0. The molecule has 1 atom stereocenters. The molecule has 1 nitrogen and oxygen atoms in total. The van der Waals surface area contributed by atoms with Gasteiger partial charge in [0.15, 0.2) is 0 Å². The van der Waals surface area contributed by atoms with Gasteiger partial charge in [-0.25, -0.2) is 0 Å². The lowest BCUT2D eigenvalue weighted by atomic mass is 10.1. The van der Waals surface area contributed by atoms with Gasteiger partial charge in [0.2, 0.25) is 0 Å². The number of dihydropyridines is 1. The number of rotatable bonds is 2. The Hall–Kier alpha value is -1.07. The van der Waals surface area contributed by atoms with Crippen LogP contribution in [0.5, 0.6) is 0 Å². The average molecular weight is 245 g/mol. The molecule has 0 amide bonds. The lowest BCUT2D eigenvalue weighted by molar-refractivity contribution is 0.794. The molecule has 0 saturated heterocycles. The summed E-state index contributed by atoms with van der Waals surface area (Å²) in [5.74, 6) is 0. The summed E-state index contributed by atoms with van der Waals surface area (Å²) in [5.41, 5.74) is 4.02. The van der Waals surface area contributed by atoms with Gasteiger partial charge in [0.05, 0.1) is 0 Å². The Balaban J connectivity index is 2.09. The van der Waals surface area contributed by atoms with Crippen molar-refractivity contribution in [3.05, 3.63) is 59.5 Å². The number of nitrogens with one attached hydrogen (secondary N) is 1. The third-order valence-electron chi connectivity index (χ3n) is 2.71. The maximum absolute atomic E-state index is 3.31. The Bertz CT molecular complexity index is 442. The van der Waals surface area contributed by atoms with Gasteiger partial charge in [0.1, 0.15) is 0 Å². The van der Waals surface area contributed by atoms with Gasteiger partial charge in [-0.15, -0.1) is 8.58 Å². The summed E-state index contributed by atoms with van der Waals surface area (Å²) in [4.78, 5) is 0. The molecule has 0 radical (unpaired) electrons. The van der Waals surface area contributed by atoms with E-state index in [-0.39, 0.29) is 0 Å². The van der Waals surface area contributed by atoms with Crippen LogP contribution in [-0.2, 0) is 0 Å². The van der Waals surface area contributed by atoms with Crippen molar-refractivity contribution in [2.75, 3.05) is 6.16 Å². The molecule has 0 saturated carbocycles. The second-order valence-electron chi connectivity index (χ2n) is 5.34. The first kappa shape index (κ1) is 12.4. The first-order valence-electron chi connectivity index (χ1n) is 6.03. The van der Waals surface area contributed by atoms with E-state index < -0.39 is 0 Å². The fraction of sp³-hybridized carbons (Fsp3) is 0.333. The Morgan fingerprint density at radius 2 is 1.94 bits per heavy atom. The van der Waals surface area contributed by atoms with Gasteiger partial charge >= 0.3 is 0 Å². The number of allylic oxidation sites excluding steroid dienone is 8. The van der Waals surface area contributed by atoms with E-state index in [1.165, 1.54) is 23.0 Å². The highest BCUT2D eigenvalue weighted by atomic mass is 31.1. The van der Waals surface area contributed by atoms with Crippen LogP contribution in [0.4, 0.5) is 0 Å². The smallest absolute Gasteiger partial charge is 0.0456 e. The molecule has 0 aromatic rings. The molecule has 0 spiro atoms. The predicted molar refractivity (Wildman–Crippen MR) is 78.6 cm³/mol. The molecule has 2 heteroatoms. The Kier molecular flexibility index (Phi) is 3.69. The summed E-state index contributed by atoms with van der Waals surface area (Å²) in [7, 11) is 0.963. The third kappa shape index (κ3) is 3.44. The molecule has 1 aliphatic carbocycles. The zero-order valence-corrected chi connectivity index (χ0v) is 11.7. The van der Waals surface area contributed by atoms with Crippen molar-refractivity contribution in [2.45, 2.75) is 25.9 Å². The van der Waals surface area contributed by atoms with Gasteiger partial charge in [0.25, 0.3) is 0 Å². The van der Waals surface area contributed by atoms with Gasteiger partial charge < -0.3 is 5.32 Å². The summed E-state index contributed by atoms with van der Waals surface area (Å²) >= 11 is 0. The molecule has 2 aliphatic rings. The second-order valence-corrected chi connectivity index (χ2v) is 7.55. The van der Waals surface area contributed by atoms with Crippen LogP contribution in [0, 0.1) is 0 Å². The van der Waals surface area contributed by atoms with E-state index in [1.54, 1.807) is 0 Å². The van der Waals surface area contributed by atoms with Crippen LogP contribution in [0.25, 0.3) is 0 Å². The van der Waals surface area contributed by atoms with E-state index in [4.69, 9.17) is 0 Å². The molecule has 0 bridgehead atoms. The molecule has 17 heavy (non-hydrogen) atoms. The highest BCUT2D eigenvalue weighted by Gasteiger charge is 2.15. The molecule has 1 unspecified atom stereocenters. The summed E-state index contributed by atoms with van der Waals surface area (Å²) in [6.45, 7) is 6.92. The van der Waals surface area contributed by atoms with E-state index in [0.717, 1.165) is 8.58 Å². The molecular formula is C15H20NP. The van der Waals surface area contributed by atoms with Gasteiger partial charge in [-0.05, 0) is 29.0 Å². The SMILES string of the molecule is CC(C)(C)PCC1=CC=CC1=C1C=CC=CN1. The minimum absolute atomic E-state index is 0.426. The van der Waals surface area contributed by atoms with Crippen LogP contribution in [0.1, 0.15) is 20.8 Å². The zero-order valence-electron chi connectivity index (χ0n) is 10.7. The van der Waals surface area contributed by atoms with Crippen molar-refractivity contribution >= 4 is 8.58 Å². The first-order chi connectivity index (χ1) is 8.06. The average Bonchev–Trinajstić information content (AvgIpc) is 2.75. The minimum Gasteiger partial charge on any atom is -0.361 e. The van der Waals surface area contributed by atoms with Gasteiger partial charge in [-0.1, -0.05) is 45.1 Å². The monoisotopic (exact) mass is 245 g/mol. The van der Waals surface area contributed by atoms with Crippen molar-refractivity contribution in [3.8, 4) is 0 Å². The maximum Gasteiger partial charge on any atom is 0.0456 e. The van der Waals surface area contributed by atoms with Crippen molar-refractivity contribution in [1.29, 1.82) is 0 Å². The van der Waals surface area contributed by atoms with E-state index in [0.29, 0.717) is 5.16 Å². The lowest BCUT2D eigenvalue weighted by Crippen LogP contribution is -2.10. The molecule has 1 N–H and O–H groups in total. The van der Waals surface area contributed by atoms with E-state index in [2.05, 4.69) is 56.5 Å². The highest BCUT2D eigenvalue weighted by Crippen LogP contribution is 2.36. The largest absolute Gasteiger partial charge is 0.361 e. The summed E-state index contributed by atoms with van der Waals surface area (Å²) < 4.78 is 0. The van der Waals surface area contributed by atoms with Crippen LogP contribution < -0.4 is 5.32 Å². The second kappa shape index (κ2) is 5.06. The normalized spacial score (nSPS) is 23.6. The van der Waals surface area contributed by atoms with Crippen LogP contribution in [0.2, 0.25) is 0 Å². The van der Waals surface area contributed by atoms with Gasteiger partial charge in [0, 0.05) is 17.5 Å². The Morgan fingerprint density at radius 3 is 2.59 bits per heavy atom. The third-order valence-corrected chi connectivity index (χ3v) is 4.33. The van der Waals surface area contributed by atoms with Crippen molar-refractivity contribution in [2.24, 2.45) is 0 Å². The molecule has 90 valence electrons. The first-order valence-corrected chi connectivity index (χ1v) is 7.24. The Labute approximate surface area is 106 Å². The van der Waals surface area contributed by atoms with Crippen LogP contribution >= 0.6 is 8.58 Å². The summed E-state index contributed by atoms with van der Waals surface area (Å²) in [5, 5.41) is 3.74. The zero-order chi connectivity index (χ0) is 12.3. The molecule has 1 aliphatic heterocycles. The lowest BCUT2D eigenvalue weighted by Gasteiger charge is -2.20. The number of hydrogen-bond acceptors (Lipinski definition) is 1. The van der Waals surface area contributed by atoms with E-state index in [9.17, 15) is 0 Å². The number of hydrogen-bond donors (Lipinski definition) is 1. The maximum atomic E-state index is 3.31. The molecular weight excluding hydrogens is 225 g/mol. The van der Waals surface area contributed by atoms with E-state index in [1.807, 2.05) is 12.3 Å². The Morgan fingerprint density at radius 1 is 1.12 bits per heavy atom. The predicted octanol–water partition coefficient (Wildman–Crippen LogP) is 3.89. The molecule has 0 aromatic carbocycles. The summed E-state index contributed by atoms with van der Waals surface area (Å²) in [6.07, 6.45) is 16.0. The quantitative estimate of drug-likeness (QED) is 0.728. The molecule has 0 aromatic heterocycles. The fourth-order valence-corrected chi connectivity index (χ4v) is 2.82. The topological polar surface area (TPSA) is 12.0 Å². The molecule has 0 fully saturated rings. The van der Waals surface area contributed by atoms with Crippen LogP contribution in [-0.4, -0.2) is 11.3 Å². The fourth-order valence-electron chi connectivity index (χ4n) is 1.80. The van der Waals surface area contributed by atoms with Crippen molar-refractivity contribution < 1.29 is 0 Å². The standard InChI is InChI=1S/C15H20NP/c1-15(2,3)17-11-12-7-6-8-13(12)14-9-4-5-10-16-14/h4-10,16-17H,11H2,1-3H3.